The maximum atomic E-state index is 13.2. The molecule has 32 heavy (non-hydrogen) atoms. The number of carboxylic acid groups (broad SMARTS) is 1. The average molecular weight is 463 g/mol. The molecule has 13 N–H and O–H groups in total. The van der Waals surface area contributed by atoms with E-state index in [4.69, 9.17) is 28.7 Å². The van der Waals surface area contributed by atoms with Gasteiger partial charge >= 0.3 is 5.97 Å². The van der Waals surface area contributed by atoms with Gasteiger partial charge in [-0.25, -0.2) is 4.79 Å². The lowest BCUT2D eigenvalue weighted by atomic mass is 9.84. The molecule has 0 saturated heterocycles. The number of hydrogen-bond donors (Lipinski definition) is 8. The van der Waals surface area contributed by atoms with Crippen LogP contribution in [0.5, 0.6) is 0 Å². The van der Waals surface area contributed by atoms with Crippen molar-refractivity contribution < 1.29 is 34.5 Å². The number of hydrogen-bond acceptors (Lipinski definition) is 11. The van der Waals surface area contributed by atoms with Crippen LogP contribution in [0, 0.1) is 0 Å². The summed E-state index contributed by atoms with van der Waals surface area (Å²) in [6.45, 7) is 0.330. The number of nitrogens with two attached hydrogens (primary N) is 5. The van der Waals surface area contributed by atoms with Gasteiger partial charge in [0.2, 0.25) is 17.4 Å². The largest absolute Gasteiger partial charge is 0.479 e. The number of Topliss-reactive ketones (excluding diaryl/α,β-unsaturated/α-hetero) is 1. The van der Waals surface area contributed by atoms with E-state index in [1.54, 1.807) is 0 Å². The summed E-state index contributed by atoms with van der Waals surface area (Å²) in [5.41, 5.74) is 25.2. The first-order valence-corrected chi connectivity index (χ1v) is 10.5. The number of aliphatic carboxylic acids is 1. The molecule has 186 valence electrons. The van der Waals surface area contributed by atoms with Crippen molar-refractivity contribution in [3.05, 3.63) is 0 Å². The molecule has 0 aliphatic heterocycles. The van der Waals surface area contributed by atoms with E-state index >= 15 is 0 Å². The van der Waals surface area contributed by atoms with Gasteiger partial charge < -0.3 is 44.0 Å². The van der Waals surface area contributed by atoms with Crippen LogP contribution >= 0.6 is 0 Å². The maximum Gasteiger partial charge on any atom is 0.340 e. The molecule has 0 aromatic rings. The van der Waals surface area contributed by atoms with Crippen LogP contribution < -0.4 is 28.7 Å². The number of unbranched alkanes of at least 4 members (excludes halogenated alkanes) is 2. The molecule has 0 aromatic heterocycles. The topological polar surface area (TPSA) is 262 Å². The number of nitrogens with zero attached hydrogens (tertiary/aromatic N) is 1. The number of amides is 2. The Balaban J connectivity index is 6.42. The van der Waals surface area contributed by atoms with E-state index in [1.165, 1.54) is 0 Å². The van der Waals surface area contributed by atoms with Crippen LogP contribution in [0.15, 0.2) is 0 Å². The smallest absolute Gasteiger partial charge is 0.340 e. The summed E-state index contributed by atoms with van der Waals surface area (Å²) in [6.07, 6.45) is 0.314. The Labute approximate surface area is 187 Å². The molecule has 0 heterocycles. The maximum absolute atomic E-state index is 13.2. The molecule has 5 unspecified atom stereocenters. The zero-order valence-corrected chi connectivity index (χ0v) is 18.5. The fraction of sp³-hybridized carbons (Fsp3) is 0.789. The van der Waals surface area contributed by atoms with Crippen LogP contribution in [0.25, 0.3) is 0 Å². The summed E-state index contributed by atoms with van der Waals surface area (Å²) in [7, 11) is 0. The Morgan fingerprint density at radius 2 is 1.34 bits per heavy atom. The van der Waals surface area contributed by atoms with Gasteiger partial charge in [-0.2, -0.15) is 0 Å². The fourth-order valence-electron chi connectivity index (χ4n) is 3.11. The quantitative estimate of drug-likeness (QED) is 0.0815. The highest BCUT2D eigenvalue weighted by molar-refractivity contribution is 6.17. The van der Waals surface area contributed by atoms with E-state index in [2.05, 4.69) is 0 Å². The molecule has 13 nitrogen and oxygen atoms in total. The number of aliphatic hydroxyl groups is 2. The first-order chi connectivity index (χ1) is 14.9. The molecule has 5 atom stereocenters. The normalized spacial score (nSPS) is 17.0. The third kappa shape index (κ3) is 7.27. The Hall–Kier alpha value is -2.00. The number of imide groups is 1. The van der Waals surface area contributed by atoms with E-state index in [1.807, 2.05) is 0 Å². The van der Waals surface area contributed by atoms with E-state index in [0.717, 1.165) is 6.92 Å². The zero-order valence-electron chi connectivity index (χ0n) is 18.5. The van der Waals surface area contributed by atoms with Gasteiger partial charge in [-0.3, -0.25) is 19.3 Å². The Kier molecular flexibility index (Phi) is 13.3. The monoisotopic (exact) mass is 462 g/mol. The van der Waals surface area contributed by atoms with Crippen molar-refractivity contribution in [3.8, 4) is 0 Å². The predicted molar refractivity (Wildman–Crippen MR) is 116 cm³/mol. The van der Waals surface area contributed by atoms with Gasteiger partial charge in [0.1, 0.15) is 6.04 Å². The van der Waals surface area contributed by atoms with Crippen molar-refractivity contribution in [2.45, 2.75) is 75.2 Å². The van der Waals surface area contributed by atoms with E-state index in [-0.39, 0.29) is 17.7 Å². The molecule has 0 spiro atoms. The minimum absolute atomic E-state index is 0.00624. The van der Waals surface area contributed by atoms with Gasteiger partial charge in [-0.05, 0) is 45.7 Å². The third-order valence-electron chi connectivity index (χ3n) is 5.21. The standard InChI is InChI=1S/C19H38N6O7/c1-11(27)14(24)17(30)25(16(29)13(23)7-3-5-9-21)19(10-26,18(31)32)15(28)12(22)6-2-4-8-20/h11-14,26-27H,2-10,20-24H2,1H3,(H,31,32). The molecule has 13 heteroatoms. The molecular weight excluding hydrogens is 424 g/mol. The summed E-state index contributed by atoms with van der Waals surface area (Å²) in [6, 6.07) is -4.58. The molecule has 0 aromatic carbocycles. The lowest BCUT2D eigenvalue weighted by Gasteiger charge is -2.40. The number of aliphatic hydroxyl groups excluding tert-OH is 2. The molecule has 0 aliphatic carbocycles. The second-order valence-corrected chi connectivity index (χ2v) is 7.75. The highest BCUT2D eigenvalue weighted by atomic mass is 16.4. The van der Waals surface area contributed by atoms with Crippen LogP contribution in [-0.2, 0) is 19.2 Å². The summed E-state index contributed by atoms with van der Waals surface area (Å²) >= 11 is 0. The van der Waals surface area contributed by atoms with Crippen molar-refractivity contribution in [1.29, 1.82) is 0 Å². The lowest BCUT2D eigenvalue weighted by Crippen LogP contribution is -2.73. The van der Waals surface area contributed by atoms with Crippen LogP contribution in [0.3, 0.4) is 0 Å². The first kappa shape index (κ1) is 30.0. The minimum atomic E-state index is -3.06. The number of carboxylic acids is 1. The van der Waals surface area contributed by atoms with Crippen molar-refractivity contribution in [3.63, 3.8) is 0 Å². The van der Waals surface area contributed by atoms with E-state index in [0.29, 0.717) is 38.8 Å². The highest BCUT2D eigenvalue weighted by Crippen LogP contribution is 2.24. The van der Waals surface area contributed by atoms with Gasteiger partial charge in [-0.15, -0.1) is 0 Å². The Bertz CT molecular complexity index is 648. The second-order valence-electron chi connectivity index (χ2n) is 7.75. The van der Waals surface area contributed by atoms with Gasteiger partial charge in [-0.1, -0.05) is 12.8 Å². The Morgan fingerprint density at radius 3 is 1.72 bits per heavy atom. The Morgan fingerprint density at radius 1 is 0.875 bits per heavy atom. The SMILES string of the molecule is CC(O)C(N)C(=O)N(C(=O)C(N)CCCCN)C(CO)(C(=O)O)C(=O)C(N)CCCCN. The molecule has 0 rings (SSSR count). The van der Waals surface area contributed by atoms with Crippen LogP contribution in [-0.4, -0.2) is 93.3 Å². The molecule has 0 radical (unpaired) electrons. The van der Waals surface area contributed by atoms with Crippen LogP contribution in [0.1, 0.15) is 45.4 Å². The summed E-state index contributed by atoms with van der Waals surface area (Å²) in [4.78, 5) is 51.7. The zero-order chi connectivity index (χ0) is 25.1. The van der Waals surface area contributed by atoms with Gasteiger partial charge in [0, 0.05) is 0 Å². The molecule has 0 aliphatic rings. The van der Waals surface area contributed by atoms with Crippen molar-refractivity contribution in [2.24, 2.45) is 28.7 Å². The summed E-state index contributed by atoms with van der Waals surface area (Å²) in [5, 5.41) is 29.7. The lowest BCUT2D eigenvalue weighted by molar-refractivity contribution is -0.176. The fourth-order valence-corrected chi connectivity index (χ4v) is 3.11. The third-order valence-corrected chi connectivity index (χ3v) is 5.21. The van der Waals surface area contributed by atoms with Gasteiger partial charge in [0.25, 0.3) is 0 Å². The predicted octanol–water partition coefficient (Wildman–Crippen LogP) is -3.65. The number of ketones is 1. The minimum Gasteiger partial charge on any atom is -0.479 e. The molecule has 2 amide bonds. The van der Waals surface area contributed by atoms with Crippen molar-refractivity contribution in [2.75, 3.05) is 19.7 Å². The highest BCUT2D eigenvalue weighted by Gasteiger charge is 2.58. The molecular formula is C19H38N6O7. The number of rotatable bonds is 16. The summed E-state index contributed by atoms with van der Waals surface area (Å²) < 4.78 is 0. The number of carbonyl (C=O) groups excluding carboxylic acids is 3. The van der Waals surface area contributed by atoms with Crippen LogP contribution in [0.4, 0.5) is 0 Å². The second kappa shape index (κ2) is 14.2. The average Bonchev–Trinajstić information content (AvgIpc) is 2.75. The summed E-state index contributed by atoms with van der Waals surface area (Å²) in [5.74, 6) is -5.86. The van der Waals surface area contributed by atoms with Gasteiger partial charge in [0.15, 0.2) is 5.78 Å². The van der Waals surface area contributed by atoms with Crippen molar-refractivity contribution in [1.82, 2.24) is 4.90 Å². The number of carbonyl (C=O) groups is 4. The van der Waals surface area contributed by atoms with Gasteiger partial charge in [0.05, 0.1) is 24.8 Å². The van der Waals surface area contributed by atoms with Crippen LogP contribution in [0.2, 0.25) is 0 Å². The first-order valence-electron chi connectivity index (χ1n) is 10.5. The van der Waals surface area contributed by atoms with E-state index in [9.17, 15) is 34.5 Å². The molecule has 0 saturated carbocycles. The van der Waals surface area contributed by atoms with E-state index < -0.39 is 59.9 Å². The molecule has 0 bridgehead atoms. The molecule has 0 fully saturated rings. The van der Waals surface area contributed by atoms with Crippen molar-refractivity contribution >= 4 is 23.6 Å².